The molecule has 0 spiro atoms. The normalized spacial score (nSPS) is 23.7. The second kappa shape index (κ2) is 6.83. The van der Waals surface area contributed by atoms with Crippen molar-refractivity contribution in [1.82, 2.24) is 15.0 Å². The van der Waals surface area contributed by atoms with E-state index in [1.165, 1.54) is 19.0 Å². The molecule has 3 heterocycles. The third kappa shape index (κ3) is 3.95. The van der Waals surface area contributed by atoms with Crippen LogP contribution in [0.1, 0.15) is 31.4 Å². The van der Waals surface area contributed by atoms with Gasteiger partial charge in [-0.05, 0) is 43.7 Å². The lowest BCUT2D eigenvalue weighted by Crippen LogP contribution is -2.35. The van der Waals surface area contributed by atoms with Crippen molar-refractivity contribution in [3.8, 4) is 11.5 Å². The highest BCUT2D eigenvalue weighted by Crippen LogP contribution is 2.38. The molecule has 26 heavy (non-hydrogen) atoms. The predicted octanol–water partition coefficient (Wildman–Crippen LogP) is 3.93. The van der Waals surface area contributed by atoms with Crippen LogP contribution in [0, 0.1) is 5.92 Å². The summed E-state index contributed by atoms with van der Waals surface area (Å²) in [5, 5.41) is 3.16. The molecule has 0 bridgehead atoms. The molecule has 2 unspecified atom stereocenters. The van der Waals surface area contributed by atoms with E-state index >= 15 is 0 Å². The van der Waals surface area contributed by atoms with E-state index in [0.717, 1.165) is 18.9 Å². The lowest BCUT2D eigenvalue weighted by atomic mass is 10.00. The monoisotopic (exact) mass is 364 g/mol. The average Bonchev–Trinajstić information content (AvgIpc) is 3.47. The zero-order chi connectivity index (χ0) is 18.1. The van der Waals surface area contributed by atoms with Gasteiger partial charge >= 0.3 is 6.18 Å². The Morgan fingerprint density at radius 3 is 2.65 bits per heavy atom. The Labute approximate surface area is 149 Å². The van der Waals surface area contributed by atoms with Crippen LogP contribution in [-0.2, 0) is 10.9 Å². The summed E-state index contributed by atoms with van der Waals surface area (Å²) < 4.78 is 45.6. The van der Waals surface area contributed by atoms with Crippen molar-refractivity contribution in [1.29, 1.82) is 0 Å². The highest BCUT2D eigenvalue weighted by Gasteiger charge is 2.37. The van der Waals surface area contributed by atoms with E-state index in [-0.39, 0.29) is 23.8 Å². The molecule has 4 rings (SSSR count). The number of alkyl halides is 3. The summed E-state index contributed by atoms with van der Waals surface area (Å²) in [6.07, 6.45) is 1.03. The first-order valence-electron chi connectivity index (χ1n) is 8.75. The van der Waals surface area contributed by atoms with Crippen molar-refractivity contribution in [3.63, 3.8) is 0 Å². The van der Waals surface area contributed by atoms with E-state index in [1.54, 1.807) is 18.2 Å². The van der Waals surface area contributed by atoms with E-state index in [0.29, 0.717) is 18.2 Å². The number of hydrogen-bond donors (Lipinski definition) is 1. The topological polar surface area (TPSA) is 59.9 Å². The number of hydrogen-bond acceptors (Lipinski definition) is 5. The van der Waals surface area contributed by atoms with Crippen LogP contribution in [0.15, 0.2) is 30.5 Å². The van der Waals surface area contributed by atoms with Crippen molar-refractivity contribution in [2.45, 2.75) is 44.0 Å². The molecule has 2 atom stereocenters. The van der Waals surface area contributed by atoms with E-state index < -0.39 is 11.9 Å². The second-order valence-corrected chi connectivity index (χ2v) is 6.79. The molecule has 1 saturated heterocycles. The van der Waals surface area contributed by atoms with E-state index in [4.69, 9.17) is 4.74 Å². The standard InChI is InChI=1S/C18H19F3N4O/c19-18(20,21)15-10-16(25-17(24-15)13-3-1-2-7-22-13)23-12-6-8-26-14(9-12)11-4-5-11/h1-3,7,10-12,14H,4-6,8-9H2,(H,23,24,25). The minimum absolute atomic E-state index is 0.0336. The van der Waals surface area contributed by atoms with Crippen molar-refractivity contribution in [2.24, 2.45) is 5.92 Å². The molecule has 2 aromatic rings. The van der Waals surface area contributed by atoms with Gasteiger partial charge in [-0.3, -0.25) is 4.98 Å². The number of nitrogens with one attached hydrogen (secondary N) is 1. The Hall–Kier alpha value is -2.22. The fourth-order valence-electron chi connectivity index (χ4n) is 3.24. The van der Waals surface area contributed by atoms with Crippen molar-refractivity contribution in [2.75, 3.05) is 11.9 Å². The lowest BCUT2D eigenvalue weighted by molar-refractivity contribution is -0.141. The maximum absolute atomic E-state index is 13.3. The summed E-state index contributed by atoms with van der Waals surface area (Å²) in [6.45, 7) is 0.614. The summed E-state index contributed by atoms with van der Waals surface area (Å²) >= 11 is 0. The van der Waals surface area contributed by atoms with Crippen LogP contribution < -0.4 is 5.32 Å². The van der Waals surface area contributed by atoms with Crippen LogP contribution in [0.2, 0.25) is 0 Å². The van der Waals surface area contributed by atoms with Crippen molar-refractivity contribution >= 4 is 5.82 Å². The van der Waals surface area contributed by atoms with Gasteiger partial charge in [0.2, 0.25) is 0 Å². The molecule has 1 saturated carbocycles. The van der Waals surface area contributed by atoms with Gasteiger partial charge in [-0.2, -0.15) is 13.2 Å². The third-order valence-electron chi connectivity index (χ3n) is 4.73. The summed E-state index contributed by atoms with van der Waals surface area (Å²) in [5.74, 6) is 0.739. The van der Waals surface area contributed by atoms with Gasteiger partial charge in [-0.15, -0.1) is 0 Å². The van der Waals surface area contributed by atoms with Gasteiger partial charge in [0.25, 0.3) is 0 Å². The number of pyridine rings is 1. The molecule has 2 aromatic heterocycles. The fraction of sp³-hybridized carbons (Fsp3) is 0.500. The van der Waals surface area contributed by atoms with Gasteiger partial charge in [0, 0.05) is 24.9 Å². The smallest absolute Gasteiger partial charge is 0.378 e. The van der Waals surface area contributed by atoms with Crippen LogP contribution in [0.5, 0.6) is 0 Å². The predicted molar refractivity (Wildman–Crippen MR) is 89.4 cm³/mol. The highest BCUT2D eigenvalue weighted by molar-refractivity contribution is 5.53. The quantitative estimate of drug-likeness (QED) is 0.891. The molecule has 2 fully saturated rings. The minimum atomic E-state index is -4.55. The first-order chi connectivity index (χ1) is 12.5. The number of nitrogens with zero attached hydrogens (tertiary/aromatic N) is 3. The molecule has 1 aliphatic carbocycles. The number of ether oxygens (including phenoxy) is 1. The molecule has 0 radical (unpaired) electrons. The molecule has 2 aliphatic rings. The van der Waals surface area contributed by atoms with Gasteiger partial charge in [0.1, 0.15) is 11.5 Å². The largest absolute Gasteiger partial charge is 0.433 e. The Morgan fingerprint density at radius 1 is 1.12 bits per heavy atom. The molecule has 1 aliphatic heterocycles. The first kappa shape index (κ1) is 17.2. The second-order valence-electron chi connectivity index (χ2n) is 6.79. The molecule has 0 aromatic carbocycles. The van der Waals surface area contributed by atoms with Crippen molar-refractivity contribution < 1.29 is 17.9 Å². The summed E-state index contributed by atoms with van der Waals surface area (Å²) in [4.78, 5) is 12.0. The molecular weight excluding hydrogens is 345 g/mol. The van der Waals surface area contributed by atoms with Gasteiger partial charge in [0.05, 0.1) is 6.10 Å². The number of rotatable bonds is 4. The number of anilines is 1. The molecule has 138 valence electrons. The zero-order valence-electron chi connectivity index (χ0n) is 14.0. The Morgan fingerprint density at radius 2 is 1.96 bits per heavy atom. The van der Waals surface area contributed by atoms with Crippen LogP contribution in [0.25, 0.3) is 11.5 Å². The summed E-state index contributed by atoms with van der Waals surface area (Å²) in [5.41, 5.74) is -0.661. The molecule has 5 nitrogen and oxygen atoms in total. The lowest BCUT2D eigenvalue weighted by Gasteiger charge is -2.30. The SMILES string of the molecule is FC(F)(F)c1cc(NC2CCOC(C3CC3)C2)nc(-c2ccccn2)n1. The summed E-state index contributed by atoms with van der Waals surface area (Å²) in [6, 6.07) is 5.99. The van der Waals surface area contributed by atoms with Crippen LogP contribution in [0.4, 0.5) is 19.0 Å². The number of halogens is 3. The van der Waals surface area contributed by atoms with Gasteiger partial charge in [0.15, 0.2) is 11.5 Å². The van der Waals surface area contributed by atoms with E-state index in [9.17, 15) is 13.2 Å². The Balaban J connectivity index is 1.60. The van der Waals surface area contributed by atoms with Gasteiger partial charge in [-0.1, -0.05) is 6.07 Å². The van der Waals surface area contributed by atoms with E-state index in [2.05, 4.69) is 20.3 Å². The van der Waals surface area contributed by atoms with Gasteiger partial charge in [-0.25, -0.2) is 9.97 Å². The van der Waals surface area contributed by atoms with Crippen molar-refractivity contribution in [3.05, 3.63) is 36.2 Å². The van der Waals surface area contributed by atoms with Gasteiger partial charge < -0.3 is 10.1 Å². The molecule has 8 heteroatoms. The maximum Gasteiger partial charge on any atom is 0.433 e. The molecular formula is C18H19F3N4O. The number of aromatic nitrogens is 3. The van der Waals surface area contributed by atoms with Crippen LogP contribution in [0.3, 0.4) is 0 Å². The zero-order valence-corrected chi connectivity index (χ0v) is 14.0. The molecule has 0 amide bonds. The maximum atomic E-state index is 13.3. The highest BCUT2D eigenvalue weighted by atomic mass is 19.4. The third-order valence-corrected chi connectivity index (χ3v) is 4.73. The van der Waals surface area contributed by atoms with Crippen LogP contribution >= 0.6 is 0 Å². The summed E-state index contributed by atoms with van der Waals surface area (Å²) in [7, 11) is 0. The van der Waals surface area contributed by atoms with Crippen LogP contribution in [-0.4, -0.2) is 33.7 Å². The Kier molecular flexibility index (Phi) is 4.52. The van der Waals surface area contributed by atoms with E-state index in [1.807, 2.05) is 0 Å². The average molecular weight is 364 g/mol. The minimum Gasteiger partial charge on any atom is -0.378 e. The first-order valence-corrected chi connectivity index (χ1v) is 8.75. The fourth-order valence-corrected chi connectivity index (χ4v) is 3.24. The Bertz CT molecular complexity index is 765. The molecule has 1 N–H and O–H groups in total.